The number of Topliss-reactive ketones (excluding diaryl/α,β-unsaturated/α-hetero) is 2. The number of rotatable bonds is 2. The molecule has 0 N–H and O–H groups in total. The van der Waals surface area contributed by atoms with Crippen molar-refractivity contribution in [1.82, 2.24) is 4.98 Å². The van der Waals surface area contributed by atoms with E-state index in [-0.39, 0.29) is 22.4 Å². The molecule has 0 unspecified atom stereocenters. The van der Waals surface area contributed by atoms with E-state index in [1.165, 1.54) is 0 Å². The lowest BCUT2D eigenvalue weighted by Gasteiger charge is -2.35. The number of carbonyl (C=O) groups is 2. The van der Waals surface area contributed by atoms with Gasteiger partial charge in [0, 0.05) is 49.3 Å². The summed E-state index contributed by atoms with van der Waals surface area (Å²) < 4.78 is 0. The number of aromatic nitrogens is 1. The maximum atomic E-state index is 13.2. The first kappa shape index (κ1) is 19.8. The van der Waals surface area contributed by atoms with E-state index in [4.69, 9.17) is 4.98 Å². The zero-order valence-electron chi connectivity index (χ0n) is 18.3. The summed E-state index contributed by atoms with van der Waals surface area (Å²) in [4.78, 5) is 33.4. The minimum absolute atomic E-state index is 0.106. The predicted octanol–water partition coefficient (Wildman–Crippen LogP) is 5.12. The topological polar surface area (TPSA) is 50.3 Å². The van der Waals surface area contributed by atoms with Crippen LogP contribution in [0.3, 0.4) is 0 Å². The Morgan fingerprint density at radius 3 is 1.59 bits per heavy atom. The van der Waals surface area contributed by atoms with Crippen LogP contribution in [0.4, 0.5) is 5.69 Å². The highest BCUT2D eigenvalue weighted by molar-refractivity contribution is 6.12. The Hall–Kier alpha value is -2.49. The Morgan fingerprint density at radius 2 is 1.17 bits per heavy atom. The number of ketones is 2. The van der Waals surface area contributed by atoms with Crippen LogP contribution in [0.5, 0.6) is 0 Å². The molecule has 4 nitrogen and oxygen atoms in total. The molecule has 0 saturated carbocycles. The van der Waals surface area contributed by atoms with Crippen LogP contribution in [0.25, 0.3) is 11.1 Å². The van der Waals surface area contributed by atoms with Gasteiger partial charge in [-0.25, -0.2) is 0 Å². The number of anilines is 1. The number of benzene rings is 1. The fraction of sp³-hybridized carbons (Fsp3) is 0.480. The second-order valence-corrected chi connectivity index (χ2v) is 10.5. The molecule has 0 atom stereocenters. The Kier molecular flexibility index (Phi) is 4.45. The Morgan fingerprint density at radius 1 is 0.724 bits per heavy atom. The average Bonchev–Trinajstić information content (AvgIpc) is 2.57. The fourth-order valence-electron chi connectivity index (χ4n) is 4.84. The highest BCUT2D eigenvalue weighted by atomic mass is 16.1. The molecular formula is C25H30N2O2. The van der Waals surface area contributed by atoms with Gasteiger partial charge in [0.15, 0.2) is 11.6 Å². The lowest BCUT2D eigenvalue weighted by atomic mass is 9.69. The van der Waals surface area contributed by atoms with Crippen molar-refractivity contribution in [3.05, 3.63) is 46.8 Å². The van der Waals surface area contributed by atoms with Crippen molar-refractivity contribution in [2.45, 2.75) is 53.4 Å². The second kappa shape index (κ2) is 6.51. The summed E-state index contributed by atoms with van der Waals surface area (Å²) in [6.45, 7) is 8.48. The molecule has 1 heterocycles. The van der Waals surface area contributed by atoms with Gasteiger partial charge < -0.3 is 4.90 Å². The largest absolute Gasteiger partial charge is 0.378 e. The molecule has 0 amide bonds. The normalized spacial score (nSPS) is 19.5. The zero-order chi connectivity index (χ0) is 21.1. The van der Waals surface area contributed by atoms with Crippen molar-refractivity contribution >= 4 is 17.3 Å². The van der Waals surface area contributed by atoms with Crippen LogP contribution < -0.4 is 4.90 Å². The quantitative estimate of drug-likeness (QED) is 0.714. The summed E-state index contributed by atoms with van der Waals surface area (Å²) >= 11 is 0. The Bertz CT molecular complexity index is 960. The summed E-state index contributed by atoms with van der Waals surface area (Å²) in [5.74, 6) is 0.215. The molecule has 152 valence electrons. The van der Waals surface area contributed by atoms with Gasteiger partial charge in [-0.1, -0.05) is 39.8 Å². The summed E-state index contributed by atoms with van der Waals surface area (Å²) in [5, 5.41) is 0. The molecular weight excluding hydrogens is 360 g/mol. The van der Waals surface area contributed by atoms with E-state index >= 15 is 0 Å². The molecule has 0 spiro atoms. The maximum Gasteiger partial charge on any atom is 0.165 e. The van der Waals surface area contributed by atoms with E-state index < -0.39 is 0 Å². The highest BCUT2D eigenvalue weighted by Crippen LogP contribution is 2.44. The van der Waals surface area contributed by atoms with Crippen LogP contribution in [0.2, 0.25) is 0 Å². The smallest absolute Gasteiger partial charge is 0.165 e. The lowest BCUT2D eigenvalue weighted by Crippen LogP contribution is -2.33. The zero-order valence-corrected chi connectivity index (χ0v) is 18.3. The highest BCUT2D eigenvalue weighted by Gasteiger charge is 2.40. The molecule has 2 aliphatic rings. The molecule has 4 heteroatoms. The molecule has 2 aromatic rings. The summed E-state index contributed by atoms with van der Waals surface area (Å²) in [7, 11) is 4.00. The number of nitrogens with zero attached hydrogens (tertiary/aromatic N) is 2. The van der Waals surface area contributed by atoms with Gasteiger partial charge in [-0.3, -0.25) is 14.6 Å². The number of hydrogen-bond acceptors (Lipinski definition) is 4. The van der Waals surface area contributed by atoms with Crippen molar-refractivity contribution in [3.8, 4) is 11.1 Å². The van der Waals surface area contributed by atoms with E-state index in [1.807, 2.05) is 43.3 Å². The van der Waals surface area contributed by atoms with Crippen LogP contribution in [0, 0.1) is 10.8 Å². The molecule has 29 heavy (non-hydrogen) atoms. The summed E-state index contributed by atoms with van der Waals surface area (Å²) in [5.41, 5.74) is 5.71. The van der Waals surface area contributed by atoms with Crippen LogP contribution in [-0.4, -0.2) is 30.6 Å². The van der Waals surface area contributed by atoms with Crippen molar-refractivity contribution in [2.24, 2.45) is 10.8 Å². The van der Waals surface area contributed by atoms with Crippen molar-refractivity contribution in [3.63, 3.8) is 0 Å². The molecule has 0 bridgehead atoms. The fourth-order valence-corrected chi connectivity index (χ4v) is 4.84. The number of hydrogen-bond donors (Lipinski definition) is 0. The first-order valence-corrected chi connectivity index (χ1v) is 10.4. The third kappa shape index (κ3) is 3.50. The second-order valence-electron chi connectivity index (χ2n) is 10.5. The third-order valence-corrected chi connectivity index (χ3v) is 6.15. The van der Waals surface area contributed by atoms with Crippen molar-refractivity contribution < 1.29 is 9.59 Å². The number of carbonyl (C=O) groups excluding carboxylic acids is 2. The monoisotopic (exact) mass is 390 g/mol. The standard InChI is InChI=1S/C25H30N2O2/c1-24(2)11-17-22(19(28)13-24)21(15-7-9-16(10-8-15)27(5)6)23-18(26-17)12-25(3,4)14-20(23)29/h7-10H,11-14H2,1-6H3. The first-order chi connectivity index (χ1) is 13.5. The third-order valence-electron chi connectivity index (χ3n) is 6.15. The molecule has 1 aromatic carbocycles. The first-order valence-electron chi connectivity index (χ1n) is 10.4. The molecule has 0 aliphatic heterocycles. The van der Waals surface area contributed by atoms with Gasteiger partial charge in [0.2, 0.25) is 0 Å². The van der Waals surface area contributed by atoms with Crippen molar-refractivity contribution in [1.29, 1.82) is 0 Å². The van der Waals surface area contributed by atoms with Gasteiger partial charge >= 0.3 is 0 Å². The minimum Gasteiger partial charge on any atom is -0.378 e. The van der Waals surface area contributed by atoms with Crippen molar-refractivity contribution in [2.75, 3.05) is 19.0 Å². The SMILES string of the molecule is CN(C)c1ccc(-c2c3c(nc4c2C(=O)CC(C)(C)C4)CC(C)(C)CC3=O)cc1. The molecule has 2 aliphatic carbocycles. The molecule has 1 aromatic heterocycles. The van der Waals surface area contributed by atoms with E-state index in [0.29, 0.717) is 24.0 Å². The Labute approximate surface area is 173 Å². The van der Waals surface area contributed by atoms with Crippen LogP contribution >= 0.6 is 0 Å². The van der Waals surface area contributed by atoms with Gasteiger partial charge in [0.05, 0.1) is 11.4 Å². The van der Waals surface area contributed by atoms with Gasteiger partial charge in [0.1, 0.15) is 0 Å². The predicted molar refractivity (Wildman–Crippen MR) is 117 cm³/mol. The Balaban J connectivity index is 2.00. The van der Waals surface area contributed by atoms with Gasteiger partial charge in [-0.2, -0.15) is 0 Å². The van der Waals surface area contributed by atoms with E-state index in [9.17, 15) is 9.59 Å². The molecule has 0 saturated heterocycles. The summed E-state index contributed by atoms with van der Waals surface area (Å²) in [6, 6.07) is 8.16. The average molecular weight is 391 g/mol. The van der Waals surface area contributed by atoms with Gasteiger partial charge in [0.25, 0.3) is 0 Å². The van der Waals surface area contributed by atoms with Gasteiger partial charge in [-0.15, -0.1) is 0 Å². The molecule has 4 rings (SSSR count). The van der Waals surface area contributed by atoms with Crippen LogP contribution in [-0.2, 0) is 12.8 Å². The maximum absolute atomic E-state index is 13.2. The number of pyridine rings is 1. The van der Waals surface area contributed by atoms with E-state index in [0.717, 1.165) is 41.0 Å². The number of fused-ring (bicyclic) bond motifs is 2. The molecule has 0 radical (unpaired) electrons. The van der Waals surface area contributed by atoms with Crippen LogP contribution in [0.1, 0.15) is 72.6 Å². The summed E-state index contributed by atoms with van der Waals surface area (Å²) in [6.07, 6.45) is 2.50. The minimum atomic E-state index is -0.106. The lowest BCUT2D eigenvalue weighted by molar-refractivity contribution is 0.0907. The van der Waals surface area contributed by atoms with Crippen LogP contribution in [0.15, 0.2) is 24.3 Å². The van der Waals surface area contributed by atoms with E-state index in [2.05, 4.69) is 27.7 Å². The molecule has 0 fully saturated rings. The van der Waals surface area contributed by atoms with Gasteiger partial charge in [-0.05, 0) is 41.4 Å². The van der Waals surface area contributed by atoms with E-state index in [1.54, 1.807) is 0 Å².